The predicted molar refractivity (Wildman–Crippen MR) is 275 cm³/mol. The molecule has 0 spiro atoms. The molecule has 0 bridgehead atoms. The fourth-order valence-corrected chi connectivity index (χ4v) is 7.67. The van der Waals surface area contributed by atoms with E-state index in [4.69, 9.17) is 14.2 Å². The van der Waals surface area contributed by atoms with Crippen LogP contribution in [0.25, 0.3) is 0 Å². The van der Waals surface area contributed by atoms with Crippen LogP contribution in [0.3, 0.4) is 0 Å². The lowest BCUT2D eigenvalue weighted by Crippen LogP contribution is -2.30. The molecule has 6 heteroatoms. The Morgan fingerprint density at radius 2 is 0.641 bits per heavy atom. The molecule has 0 aliphatic heterocycles. The fourth-order valence-electron chi connectivity index (χ4n) is 7.67. The van der Waals surface area contributed by atoms with E-state index in [0.717, 1.165) is 109 Å². The van der Waals surface area contributed by atoms with Crippen LogP contribution >= 0.6 is 0 Å². The molecule has 0 aromatic carbocycles. The number of carbonyl (C=O) groups excluding carboxylic acids is 3. The van der Waals surface area contributed by atoms with E-state index in [2.05, 4.69) is 81.5 Å². The maximum atomic E-state index is 12.7. The van der Waals surface area contributed by atoms with Crippen LogP contribution in [-0.2, 0) is 28.6 Å². The van der Waals surface area contributed by atoms with Crippen molar-refractivity contribution in [2.45, 2.75) is 277 Å². The van der Waals surface area contributed by atoms with Gasteiger partial charge in [0.1, 0.15) is 13.2 Å². The van der Waals surface area contributed by atoms with Crippen LogP contribution in [0.2, 0.25) is 0 Å². The molecule has 6 nitrogen and oxygen atoms in total. The van der Waals surface area contributed by atoms with E-state index in [0.29, 0.717) is 19.3 Å². The first-order chi connectivity index (χ1) is 31.5. The highest BCUT2D eigenvalue weighted by molar-refractivity contribution is 5.71. The second-order valence-corrected chi connectivity index (χ2v) is 18.1. The highest BCUT2D eigenvalue weighted by Gasteiger charge is 2.19. The maximum Gasteiger partial charge on any atom is 0.306 e. The highest BCUT2D eigenvalue weighted by atomic mass is 16.6. The lowest BCUT2D eigenvalue weighted by atomic mass is 10.0. The zero-order valence-corrected chi connectivity index (χ0v) is 42.3. The van der Waals surface area contributed by atoms with Crippen molar-refractivity contribution in [1.82, 2.24) is 0 Å². The third kappa shape index (κ3) is 50.1. The first kappa shape index (κ1) is 61.1. The minimum Gasteiger partial charge on any atom is -0.462 e. The number of rotatable bonds is 49. The monoisotopic (exact) mass is 895 g/mol. The van der Waals surface area contributed by atoms with Gasteiger partial charge in [0.25, 0.3) is 0 Å². The summed E-state index contributed by atoms with van der Waals surface area (Å²) in [4.78, 5) is 37.6. The van der Waals surface area contributed by atoms with Crippen molar-refractivity contribution in [1.29, 1.82) is 0 Å². The summed E-state index contributed by atoms with van der Waals surface area (Å²) < 4.78 is 16.6. The molecule has 0 fully saturated rings. The minimum absolute atomic E-state index is 0.0749. The summed E-state index contributed by atoms with van der Waals surface area (Å²) in [7, 11) is 0. The average molecular weight is 895 g/mol. The van der Waals surface area contributed by atoms with E-state index >= 15 is 0 Å². The Bertz CT molecular complexity index is 1170. The summed E-state index contributed by atoms with van der Waals surface area (Å²) in [5.74, 6) is -0.895. The summed E-state index contributed by atoms with van der Waals surface area (Å²) in [6.07, 6.45) is 65.7. The smallest absolute Gasteiger partial charge is 0.306 e. The van der Waals surface area contributed by atoms with Gasteiger partial charge < -0.3 is 14.2 Å². The molecule has 64 heavy (non-hydrogen) atoms. The van der Waals surface area contributed by atoms with Gasteiger partial charge >= 0.3 is 17.9 Å². The van der Waals surface area contributed by atoms with Gasteiger partial charge in [-0.15, -0.1) is 0 Å². The third-order valence-corrected chi connectivity index (χ3v) is 11.7. The van der Waals surface area contributed by atoms with Crippen LogP contribution in [0, 0.1) is 0 Å². The number of hydrogen-bond acceptors (Lipinski definition) is 6. The molecular formula is C58H102O6. The number of hydrogen-bond donors (Lipinski definition) is 0. The maximum absolute atomic E-state index is 12.7. The van der Waals surface area contributed by atoms with E-state index in [9.17, 15) is 14.4 Å². The lowest BCUT2D eigenvalue weighted by molar-refractivity contribution is -0.167. The summed E-state index contributed by atoms with van der Waals surface area (Å²) in [5, 5.41) is 0. The molecule has 0 saturated heterocycles. The van der Waals surface area contributed by atoms with Crippen LogP contribution < -0.4 is 0 Å². The van der Waals surface area contributed by atoms with E-state index in [-0.39, 0.29) is 31.1 Å². The van der Waals surface area contributed by atoms with E-state index in [1.165, 1.54) is 122 Å². The zero-order chi connectivity index (χ0) is 46.5. The Kier molecular flexibility index (Phi) is 50.4. The average Bonchev–Trinajstić information content (AvgIpc) is 3.29. The molecule has 0 rings (SSSR count). The molecule has 0 heterocycles. The summed E-state index contributed by atoms with van der Waals surface area (Å²) in [6.45, 7) is 6.38. The molecule has 0 radical (unpaired) electrons. The molecule has 1 atom stereocenters. The molecule has 370 valence electrons. The zero-order valence-electron chi connectivity index (χ0n) is 42.3. The largest absolute Gasteiger partial charge is 0.462 e. The fraction of sp³-hybridized carbons (Fsp3) is 0.776. The standard InChI is InChI=1S/C58H102O6/c1-4-7-10-13-15-17-19-20-21-22-23-24-25-26-27-28-29-30-31-32-33-34-35-36-37-38-39-41-42-45-48-51-57(60)63-54-55(53-62-56(59)50-47-44-12-9-6-3)64-58(61)52-49-46-43-40-18-16-14-11-8-5-2/h7,10-11,14-15,17,20-21,23-24,55H,4-6,8-9,12-13,16,18-19,22,25-54H2,1-3H3/b10-7-,14-11-,17-15-,21-20-,24-23-. The number of unbranched alkanes of at least 4 members (excludes halogenated alkanes) is 28. The number of carbonyl (C=O) groups is 3. The van der Waals surface area contributed by atoms with Crippen molar-refractivity contribution in [3.63, 3.8) is 0 Å². The van der Waals surface area contributed by atoms with Crippen molar-refractivity contribution >= 4 is 17.9 Å². The van der Waals surface area contributed by atoms with E-state index < -0.39 is 6.10 Å². The van der Waals surface area contributed by atoms with E-state index in [1.807, 2.05) is 0 Å². The van der Waals surface area contributed by atoms with Crippen molar-refractivity contribution < 1.29 is 28.6 Å². The normalized spacial score (nSPS) is 12.5. The number of allylic oxidation sites excluding steroid dienone is 10. The SMILES string of the molecule is CC/C=C\C/C=C\C/C=C\C/C=C\CCCCCCCCCCCCCCCCCCCCC(=O)OCC(COC(=O)CCCCCCC)OC(=O)CCCCCCC/C=C\CCC. The molecule has 0 saturated carbocycles. The van der Waals surface area contributed by atoms with Crippen LogP contribution in [0.15, 0.2) is 60.8 Å². The van der Waals surface area contributed by atoms with Crippen LogP contribution in [0.5, 0.6) is 0 Å². The molecule has 0 aromatic heterocycles. The second-order valence-electron chi connectivity index (χ2n) is 18.1. The molecule has 0 aliphatic rings. The lowest BCUT2D eigenvalue weighted by Gasteiger charge is -2.18. The Morgan fingerprint density at radius 1 is 0.328 bits per heavy atom. The molecule has 0 aliphatic carbocycles. The van der Waals surface area contributed by atoms with Gasteiger partial charge in [-0.05, 0) is 77.0 Å². The molecular weight excluding hydrogens is 793 g/mol. The highest BCUT2D eigenvalue weighted by Crippen LogP contribution is 2.16. The Hall–Kier alpha value is -2.89. The van der Waals surface area contributed by atoms with Crippen LogP contribution in [0.4, 0.5) is 0 Å². The first-order valence-corrected chi connectivity index (χ1v) is 27.3. The predicted octanol–water partition coefficient (Wildman–Crippen LogP) is 18.0. The van der Waals surface area contributed by atoms with Gasteiger partial charge in [-0.2, -0.15) is 0 Å². The van der Waals surface area contributed by atoms with Gasteiger partial charge in [0.05, 0.1) is 0 Å². The van der Waals surface area contributed by atoms with Gasteiger partial charge in [-0.25, -0.2) is 0 Å². The third-order valence-electron chi connectivity index (χ3n) is 11.7. The van der Waals surface area contributed by atoms with Crippen molar-refractivity contribution in [2.75, 3.05) is 13.2 Å². The van der Waals surface area contributed by atoms with Gasteiger partial charge in [0.15, 0.2) is 6.10 Å². The summed E-state index contributed by atoms with van der Waals surface area (Å²) in [6, 6.07) is 0. The molecule has 0 aromatic rings. The van der Waals surface area contributed by atoms with E-state index in [1.54, 1.807) is 0 Å². The van der Waals surface area contributed by atoms with Crippen LogP contribution in [0.1, 0.15) is 271 Å². The topological polar surface area (TPSA) is 78.9 Å². The summed E-state index contributed by atoms with van der Waals surface area (Å²) >= 11 is 0. The Morgan fingerprint density at radius 3 is 1.03 bits per heavy atom. The van der Waals surface area contributed by atoms with Crippen LogP contribution in [-0.4, -0.2) is 37.2 Å². The van der Waals surface area contributed by atoms with Gasteiger partial charge in [0.2, 0.25) is 0 Å². The first-order valence-electron chi connectivity index (χ1n) is 27.3. The summed E-state index contributed by atoms with van der Waals surface area (Å²) in [5.41, 5.74) is 0. The molecule has 0 N–H and O–H groups in total. The van der Waals surface area contributed by atoms with Crippen molar-refractivity contribution in [3.05, 3.63) is 60.8 Å². The molecule has 1 unspecified atom stereocenters. The minimum atomic E-state index is -0.770. The van der Waals surface area contributed by atoms with Gasteiger partial charge in [0, 0.05) is 19.3 Å². The molecule has 0 amide bonds. The Balaban J connectivity index is 3.89. The van der Waals surface area contributed by atoms with Gasteiger partial charge in [-0.3, -0.25) is 14.4 Å². The number of esters is 3. The number of ether oxygens (including phenoxy) is 3. The Labute approximate surface area is 396 Å². The van der Waals surface area contributed by atoms with Crippen molar-refractivity contribution in [2.24, 2.45) is 0 Å². The van der Waals surface area contributed by atoms with Gasteiger partial charge in [-0.1, -0.05) is 236 Å². The quantitative estimate of drug-likeness (QED) is 0.0262. The second kappa shape index (κ2) is 52.7. The van der Waals surface area contributed by atoms with Crippen molar-refractivity contribution in [3.8, 4) is 0 Å².